The van der Waals surface area contributed by atoms with Gasteiger partial charge in [0.25, 0.3) is 5.56 Å². The Morgan fingerprint density at radius 1 is 1.19 bits per heavy atom. The Balaban J connectivity index is 1.80. The van der Waals surface area contributed by atoms with Crippen molar-refractivity contribution in [2.45, 2.75) is 25.7 Å². The molecule has 138 valence electrons. The fourth-order valence-corrected chi connectivity index (χ4v) is 2.24. The van der Waals surface area contributed by atoms with Crippen LogP contribution >= 0.6 is 0 Å². The van der Waals surface area contributed by atoms with Gasteiger partial charge in [-0.25, -0.2) is 19.0 Å². The molecule has 0 aliphatic rings. The van der Waals surface area contributed by atoms with Crippen molar-refractivity contribution in [1.29, 1.82) is 0 Å². The van der Waals surface area contributed by atoms with Crippen LogP contribution in [0.4, 0.5) is 4.39 Å². The van der Waals surface area contributed by atoms with Gasteiger partial charge in [0, 0.05) is 30.2 Å². The zero-order valence-electron chi connectivity index (χ0n) is 15.4. The largest absolute Gasteiger partial charge is 0.464 e. The second kappa shape index (κ2) is 7.65. The van der Waals surface area contributed by atoms with E-state index in [0.29, 0.717) is 23.4 Å². The molecular formula is C18H19BFN5O2. The second-order valence-electron chi connectivity index (χ2n) is 7.33. The zero-order chi connectivity index (χ0) is 19.4. The molecule has 3 aromatic heterocycles. The minimum Gasteiger partial charge on any atom is -0.464 e. The van der Waals surface area contributed by atoms with Gasteiger partial charge in [-0.15, -0.1) is 0 Å². The first-order chi connectivity index (χ1) is 12.8. The van der Waals surface area contributed by atoms with Gasteiger partial charge in [-0.3, -0.25) is 9.78 Å². The molecule has 7 nitrogen and oxygen atoms in total. The fraction of sp³-hybridized carbons (Fsp3) is 0.278. The molecule has 9 heteroatoms. The van der Waals surface area contributed by atoms with Crippen molar-refractivity contribution < 1.29 is 9.13 Å². The molecule has 3 rings (SSSR count). The predicted molar refractivity (Wildman–Crippen MR) is 101 cm³/mol. The molecule has 3 aromatic rings. The topological polar surface area (TPSA) is 82.8 Å². The normalized spacial score (nSPS) is 11.4. The molecular weight excluding hydrogens is 348 g/mol. The highest BCUT2D eigenvalue weighted by molar-refractivity contribution is 6.14. The highest BCUT2D eigenvalue weighted by atomic mass is 19.1. The van der Waals surface area contributed by atoms with Crippen LogP contribution in [-0.2, 0) is 6.54 Å². The number of pyridine rings is 1. The van der Waals surface area contributed by atoms with Gasteiger partial charge in [0.1, 0.15) is 13.7 Å². The third-order valence-electron chi connectivity index (χ3n) is 3.52. The van der Waals surface area contributed by atoms with Gasteiger partial charge in [0.15, 0.2) is 0 Å². The fourth-order valence-electron chi connectivity index (χ4n) is 2.24. The number of hydrogen-bond acceptors (Lipinski definition) is 6. The molecule has 0 amide bonds. The van der Waals surface area contributed by atoms with Gasteiger partial charge in [-0.2, -0.15) is 5.10 Å². The van der Waals surface area contributed by atoms with Crippen LogP contribution in [0.15, 0.2) is 47.8 Å². The van der Waals surface area contributed by atoms with Gasteiger partial charge >= 0.3 is 6.01 Å². The summed E-state index contributed by atoms with van der Waals surface area (Å²) in [6.45, 7) is 4.73. The first kappa shape index (κ1) is 18.7. The molecule has 0 N–H and O–H groups in total. The van der Waals surface area contributed by atoms with Crippen LogP contribution in [0, 0.1) is 5.82 Å². The summed E-state index contributed by atoms with van der Waals surface area (Å²) >= 11 is 0. The van der Waals surface area contributed by atoms with E-state index in [0.717, 1.165) is 6.20 Å². The van der Waals surface area contributed by atoms with E-state index in [1.165, 1.54) is 23.0 Å². The Morgan fingerprint density at radius 3 is 2.59 bits per heavy atom. The highest BCUT2D eigenvalue weighted by Gasteiger charge is 2.13. The average molecular weight is 367 g/mol. The second-order valence-corrected chi connectivity index (χ2v) is 7.33. The Labute approximate surface area is 156 Å². The van der Waals surface area contributed by atoms with Gasteiger partial charge < -0.3 is 4.74 Å². The van der Waals surface area contributed by atoms with Crippen LogP contribution in [0.25, 0.3) is 11.3 Å². The lowest BCUT2D eigenvalue weighted by Crippen LogP contribution is -2.23. The monoisotopic (exact) mass is 367 g/mol. The quantitative estimate of drug-likeness (QED) is 0.614. The van der Waals surface area contributed by atoms with Crippen LogP contribution in [0.5, 0.6) is 6.01 Å². The summed E-state index contributed by atoms with van der Waals surface area (Å²) in [6, 6.07) is 4.60. The van der Waals surface area contributed by atoms with Crippen molar-refractivity contribution in [3.8, 4) is 17.3 Å². The van der Waals surface area contributed by atoms with Crippen molar-refractivity contribution in [2.75, 3.05) is 6.61 Å². The van der Waals surface area contributed by atoms with Crippen LogP contribution in [0.2, 0.25) is 5.31 Å². The summed E-state index contributed by atoms with van der Waals surface area (Å²) in [6.07, 6.45) is 5.78. The first-order valence-corrected chi connectivity index (χ1v) is 8.43. The maximum Gasteiger partial charge on any atom is 0.316 e. The molecule has 0 aliphatic carbocycles. The summed E-state index contributed by atoms with van der Waals surface area (Å²) in [7, 11) is 2.06. The number of aromatic nitrogens is 5. The van der Waals surface area contributed by atoms with Crippen molar-refractivity contribution in [1.82, 2.24) is 24.7 Å². The summed E-state index contributed by atoms with van der Waals surface area (Å²) < 4.78 is 20.1. The van der Waals surface area contributed by atoms with Crippen LogP contribution in [-0.4, -0.2) is 39.2 Å². The minimum absolute atomic E-state index is 0.00482. The smallest absolute Gasteiger partial charge is 0.316 e. The number of halogens is 1. The lowest BCUT2D eigenvalue weighted by molar-refractivity contribution is 0.259. The number of nitrogens with zero attached hydrogens (tertiary/aromatic N) is 5. The number of rotatable bonds is 6. The molecule has 0 spiro atoms. The van der Waals surface area contributed by atoms with Gasteiger partial charge in [-0.1, -0.05) is 13.8 Å². The van der Waals surface area contributed by atoms with E-state index >= 15 is 0 Å². The van der Waals surface area contributed by atoms with E-state index in [2.05, 4.69) is 41.7 Å². The van der Waals surface area contributed by atoms with Crippen molar-refractivity contribution in [3.05, 3.63) is 64.7 Å². The molecule has 27 heavy (non-hydrogen) atoms. The van der Waals surface area contributed by atoms with Crippen molar-refractivity contribution >= 4 is 7.85 Å². The molecule has 0 saturated carbocycles. The van der Waals surface area contributed by atoms with Crippen LogP contribution < -0.4 is 10.3 Å². The standard InChI is InChI=1S/C18H19BFN5O2/c1-18(2,19)11-27-17-22-7-13(8-23-17)15-3-4-16(26)25(24-15)10-12-5-14(20)9-21-6-12/h3-9H,10-11,19H2,1-2H3. The third kappa shape index (κ3) is 5.19. The van der Waals surface area contributed by atoms with Gasteiger partial charge in [0.05, 0.1) is 25.0 Å². The Bertz CT molecular complexity index is 986. The highest BCUT2D eigenvalue weighted by Crippen LogP contribution is 2.20. The predicted octanol–water partition coefficient (Wildman–Crippen LogP) is 1.49. The van der Waals surface area contributed by atoms with E-state index in [1.807, 2.05) is 0 Å². The SMILES string of the molecule is BC(C)(C)COc1ncc(-c2ccc(=O)n(Cc3cncc(F)c3)n2)cn1. The van der Waals surface area contributed by atoms with Crippen LogP contribution in [0.1, 0.15) is 19.4 Å². The van der Waals surface area contributed by atoms with Gasteiger partial charge in [0.2, 0.25) is 0 Å². The Morgan fingerprint density at radius 2 is 1.93 bits per heavy atom. The number of ether oxygens (including phenoxy) is 1. The van der Waals surface area contributed by atoms with E-state index < -0.39 is 5.82 Å². The molecule has 0 fully saturated rings. The molecule has 0 unspecified atom stereocenters. The van der Waals surface area contributed by atoms with Gasteiger partial charge in [-0.05, 0) is 23.0 Å². The molecule has 0 aliphatic heterocycles. The van der Waals surface area contributed by atoms with E-state index in [9.17, 15) is 9.18 Å². The summed E-state index contributed by atoms with van der Waals surface area (Å²) in [5.41, 5.74) is 1.42. The van der Waals surface area contributed by atoms with E-state index in [1.54, 1.807) is 18.5 Å². The molecule has 0 radical (unpaired) electrons. The lowest BCUT2D eigenvalue weighted by atomic mass is 9.73. The van der Waals surface area contributed by atoms with E-state index in [4.69, 9.17) is 4.74 Å². The molecule has 3 heterocycles. The lowest BCUT2D eigenvalue weighted by Gasteiger charge is -2.17. The minimum atomic E-state index is -0.462. The summed E-state index contributed by atoms with van der Waals surface area (Å²) in [4.78, 5) is 24.2. The maximum absolute atomic E-state index is 13.3. The van der Waals surface area contributed by atoms with Crippen molar-refractivity contribution in [2.24, 2.45) is 0 Å². The summed E-state index contributed by atoms with van der Waals surface area (Å²) in [5, 5.41) is 4.32. The molecule has 0 bridgehead atoms. The Hall–Kier alpha value is -3.10. The maximum atomic E-state index is 13.3. The Kier molecular flexibility index (Phi) is 5.29. The van der Waals surface area contributed by atoms with Crippen molar-refractivity contribution in [3.63, 3.8) is 0 Å². The molecule has 0 aromatic carbocycles. The van der Waals surface area contributed by atoms with Crippen LogP contribution in [0.3, 0.4) is 0 Å². The first-order valence-electron chi connectivity index (χ1n) is 8.43. The number of hydrogen-bond donors (Lipinski definition) is 0. The molecule has 0 atom stereocenters. The summed E-state index contributed by atoms with van der Waals surface area (Å²) in [5.74, 6) is -0.462. The zero-order valence-corrected chi connectivity index (χ0v) is 15.4. The third-order valence-corrected chi connectivity index (χ3v) is 3.52. The average Bonchev–Trinajstić information content (AvgIpc) is 2.62. The molecule has 0 saturated heterocycles. The van der Waals surface area contributed by atoms with E-state index in [-0.39, 0.29) is 23.4 Å².